The molecule has 1 aromatic rings. The van der Waals surface area contributed by atoms with Gasteiger partial charge in [-0.05, 0) is 41.9 Å². The average molecular weight is 330 g/mol. The molecule has 0 aliphatic heterocycles. The van der Waals surface area contributed by atoms with Crippen LogP contribution in [0.3, 0.4) is 0 Å². The summed E-state index contributed by atoms with van der Waals surface area (Å²) >= 11 is 0. The van der Waals surface area contributed by atoms with Gasteiger partial charge in [0.2, 0.25) is 0 Å². The molecule has 0 bridgehead atoms. The van der Waals surface area contributed by atoms with E-state index in [1.54, 1.807) is 0 Å². The van der Waals surface area contributed by atoms with E-state index >= 15 is 0 Å². The maximum absolute atomic E-state index is 5.63. The lowest BCUT2D eigenvalue weighted by atomic mass is 9.83. The van der Waals surface area contributed by atoms with Crippen molar-refractivity contribution in [1.29, 1.82) is 0 Å². The number of ether oxygens (including phenoxy) is 2. The number of halogens is 1. The molecule has 4 heteroatoms. The number of rotatable bonds is 9. The van der Waals surface area contributed by atoms with Gasteiger partial charge in [0.25, 0.3) is 0 Å². The molecule has 0 heterocycles. The van der Waals surface area contributed by atoms with Crippen molar-refractivity contribution >= 4 is 12.4 Å². The van der Waals surface area contributed by atoms with Crippen molar-refractivity contribution in [2.75, 3.05) is 26.4 Å². The Labute approximate surface area is 142 Å². The second kappa shape index (κ2) is 10.9. The molecule has 0 aliphatic rings. The first-order valence-corrected chi connectivity index (χ1v) is 7.90. The summed E-state index contributed by atoms with van der Waals surface area (Å²) in [6, 6.07) is 8.41. The highest BCUT2D eigenvalue weighted by Gasteiger charge is 2.15. The largest absolute Gasteiger partial charge is 0.491 e. The highest BCUT2D eigenvalue weighted by Crippen LogP contribution is 2.26. The molecule has 1 aromatic carbocycles. The lowest BCUT2D eigenvalue weighted by Gasteiger charge is -2.23. The van der Waals surface area contributed by atoms with Gasteiger partial charge >= 0.3 is 0 Å². The van der Waals surface area contributed by atoms with Gasteiger partial charge in [0.05, 0.1) is 13.2 Å². The van der Waals surface area contributed by atoms with Gasteiger partial charge in [0.1, 0.15) is 12.4 Å². The number of hydrogen-bond donors (Lipinski definition) is 1. The van der Waals surface area contributed by atoms with Crippen LogP contribution in [0.15, 0.2) is 24.3 Å². The fourth-order valence-electron chi connectivity index (χ4n) is 2.65. The monoisotopic (exact) mass is 329 g/mol. The fraction of sp³-hybridized carbons (Fsp3) is 0.667. The summed E-state index contributed by atoms with van der Waals surface area (Å²) in [5, 5.41) is 0. The maximum atomic E-state index is 5.63. The minimum atomic E-state index is 0. The molecule has 2 N–H and O–H groups in total. The summed E-state index contributed by atoms with van der Waals surface area (Å²) in [6.45, 7) is 11.5. The molecule has 0 aromatic heterocycles. The third-order valence-electron chi connectivity index (χ3n) is 3.23. The van der Waals surface area contributed by atoms with Gasteiger partial charge < -0.3 is 15.2 Å². The highest BCUT2D eigenvalue weighted by molar-refractivity contribution is 5.85. The molecule has 0 fully saturated rings. The first-order chi connectivity index (χ1) is 9.90. The van der Waals surface area contributed by atoms with E-state index < -0.39 is 0 Å². The smallest absolute Gasteiger partial charge is 0.119 e. The molecule has 3 nitrogen and oxygen atoms in total. The van der Waals surface area contributed by atoms with Crippen molar-refractivity contribution in [2.45, 2.75) is 40.5 Å². The molecule has 0 saturated heterocycles. The van der Waals surface area contributed by atoms with E-state index in [1.165, 1.54) is 12.0 Å². The third-order valence-corrected chi connectivity index (χ3v) is 3.23. The Hall–Kier alpha value is -0.770. The minimum absolute atomic E-state index is 0. The zero-order valence-electron chi connectivity index (χ0n) is 14.4. The SMILES string of the molecule is CC(Cc1ccc(OCCOCCN)cc1)CC(C)(C)C.Cl. The lowest BCUT2D eigenvalue weighted by molar-refractivity contribution is 0.106. The zero-order chi connectivity index (χ0) is 15.7. The normalized spacial score (nSPS) is 12.6. The summed E-state index contributed by atoms with van der Waals surface area (Å²) < 4.78 is 10.9. The van der Waals surface area contributed by atoms with Gasteiger partial charge in [-0.1, -0.05) is 39.8 Å². The van der Waals surface area contributed by atoms with E-state index in [0.717, 1.165) is 12.2 Å². The lowest BCUT2D eigenvalue weighted by Crippen LogP contribution is -2.13. The van der Waals surface area contributed by atoms with E-state index in [1.807, 2.05) is 12.1 Å². The van der Waals surface area contributed by atoms with Crippen LogP contribution in [0.2, 0.25) is 0 Å². The van der Waals surface area contributed by atoms with Crippen LogP contribution < -0.4 is 10.5 Å². The summed E-state index contributed by atoms with van der Waals surface area (Å²) in [6.07, 6.45) is 2.36. The second-order valence-electron chi connectivity index (χ2n) is 6.97. The van der Waals surface area contributed by atoms with Crippen molar-refractivity contribution in [3.05, 3.63) is 29.8 Å². The summed E-state index contributed by atoms with van der Waals surface area (Å²) in [5.41, 5.74) is 7.12. The molecule has 1 rings (SSSR count). The molecule has 0 aliphatic carbocycles. The summed E-state index contributed by atoms with van der Waals surface area (Å²) in [7, 11) is 0. The molecule has 0 amide bonds. The quantitative estimate of drug-likeness (QED) is 0.694. The van der Waals surface area contributed by atoms with Crippen LogP contribution in [0, 0.1) is 11.3 Å². The second-order valence-corrected chi connectivity index (χ2v) is 6.97. The Morgan fingerprint density at radius 2 is 1.68 bits per heavy atom. The molecule has 0 saturated carbocycles. The molecule has 0 spiro atoms. The Balaban J connectivity index is 0.00000441. The van der Waals surface area contributed by atoms with Crippen molar-refractivity contribution in [1.82, 2.24) is 0 Å². The van der Waals surface area contributed by atoms with Crippen molar-refractivity contribution in [2.24, 2.45) is 17.1 Å². The number of nitrogens with two attached hydrogens (primary N) is 1. The van der Waals surface area contributed by atoms with Gasteiger partial charge in [0.15, 0.2) is 0 Å². The molecule has 0 radical (unpaired) electrons. The Morgan fingerprint density at radius 3 is 2.23 bits per heavy atom. The highest BCUT2D eigenvalue weighted by atomic mass is 35.5. The average Bonchev–Trinajstić information content (AvgIpc) is 2.38. The maximum Gasteiger partial charge on any atom is 0.119 e. The predicted octanol–water partition coefficient (Wildman–Crippen LogP) is 4.08. The van der Waals surface area contributed by atoms with E-state index in [-0.39, 0.29) is 12.4 Å². The van der Waals surface area contributed by atoms with Gasteiger partial charge in [-0.15, -0.1) is 12.4 Å². The van der Waals surface area contributed by atoms with Gasteiger partial charge in [-0.25, -0.2) is 0 Å². The Bertz CT molecular complexity index is 387. The van der Waals surface area contributed by atoms with Crippen molar-refractivity contribution in [3.63, 3.8) is 0 Å². The van der Waals surface area contributed by atoms with E-state index in [2.05, 4.69) is 39.8 Å². The number of benzene rings is 1. The molecule has 22 heavy (non-hydrogen) atoms. The van der Waals surface area contributed by atoms with Crippen LogP contribution in [-0.4, -0.2) is 26.4 Å². The van der Waals surface area contributed by atoms with Crippen LogP contribution in [-0.2, 0) is 11.2 Å². The van der Waals surface area contributed by atoms with Crippen LogP contribution in [0.5, 0.6) is 5.75 Å². The van der Waals surface area contributed by atoms with E-state index in [4.69, 9.17) is 15.2 Å². The first kappa shape index (κ1) is 21.2. The Kier molecular flexibility index (Phi) is 10.5. The van der Waals surface area contributed by atoms with Gasteiger partial charge in [-0.2, -0.15) is 0 Å². The zero-order valence-corrected chi connectivity index (χ0v) is 15.2. The van der Waals surface area contributed by atoms with Crippen LogP contribution >= 0.6 is 12.4 Å². The fourth-order valence-corrected chi connectivity index (χ4v) is 2.65. The topological polar surface area (TPSA) is 44.5 Å². The van der Waals surface area contributed by atoms with E-state index in [0.29, 0.717) is 37.7 Å². The molecular formula is C18H32ClNO2. The minimum Gasteiger partial charge on any atom is -0.491 e. The van der Waals surface area contributed by atoms with E-state index in [9.17, 15) is 0 Å². The summed E-state index contributed by atoms with van der Waals surface area (Å²) in [5.74, 6) is 1.60. The Morgan fingerprint density at radius 1 is 1.05 bits per heavy atom. The van der Waals surface area contributed by atoms with Crippen molar-refractivity contribution in [3.8, 4) is 5.75 Å². The van der Waals surface area contributed by atoms with Gasteiger partial charge in [-0.3, -0.25) is 0 Å². The standard InChI is InChI=1S/C18H31NO2.ClH/c1-15(14-18(2,3)4)13-16-5-7-17(8-6-16)21-12-11-20-10-9-19;/h5-8,15H,9-14,19H2,1-4H3;1H. The molecule has 1 unspecified atom stereocenters. The molecule has 128 valence electrons. The number of hydrogen-bond acceptors (Lipinski definition) is 3. The van der Waals surface area contributed by atoms with Crippen LogP contribution in [0.1, 0.15) is 39.7 Å². The van der Waals surface area contributed by atoms with Crippen LogP contribution in [0.4, 0.5) is 0 Å². The predicted molar refractivity (Wildman–Crippen MR) is 96.0 cm³/mol. The third kappa shape index (κ3) is 10.0. The van der Waals surface area contributed by atoms with Crippen molar-refractivity contribution < 1.29 is 9.47 Å². The first-order valence-electron chi connectivity index (χ1n) is 7.90. The van der Waals surface area contributed by atoms with Gasteiger partial charge in [0, 0.05) is 6.54 Å². The molecule has 1 atom stereocenters. The molecular weight excluding hydrogens is 298 g/mol. The summed E-state index contributed by atoms with van der Waals surface area (Å²) in [4.78, 5) is 0. The van der Waals surface area contributed by atoms with Crippen LogP contribution in [0.25, 0.3) is 0 Å².